The summed E-state index contributed by atoms with van der Waals surface area (Å²) >= 11 is 0. The second-order valence-electron chi connectivity index (χ2n) is 5.18. The molecule has 0 spiro atoms. The number of carboxylic acids is 1. The number of aliphatic carboxylic acids is 1. The average molecular weight is 313 g/mol. The van der Waals surface area contributed by atoms with Gasteiger partial charge in [0.05, 0.1) is 18.1 Å². The Bertz CT molecular complexity index is 570. The summed E-state index contributed by atoms with van der Waals surface area (Å²) in [6.07, 6.45) is 0.342. The number of hydrogen-bond acceptors (Lipinski definition) is 3. The molecular formula is C15H17F2NO4. The van der Waals surface area contributed by atoms with Crippen LogP contribution in [0.2, 0.25) is 0 Å². The Morgan fingerprint density at radius 2 is 2.00 bits per heavy atom. The normalized spacial score (nSPS) is 20.9. The first kappa shape index (κ1) is 16.2. The van der Waals surface area contributed by atoms with E-state index in [4.69, 9.17) is 9.84 Å². The lowest BCUT2D eigenvalue weighted by Crippen LogP contribution is -2.50. The van der Waals surface area contributed by atoms with Crippen molar-refractivity contribution in [2.45, 2.75) is 31.7 Å². The Balaban J connectivity index is 2.07. The molecule has 1 aliphatic carbocycles. The number of carboxylic acid groups (broad SMARTS) is 1. The summed E-state index contributed by atoms with van der Waals surface area (Å²) in [5.41, 5.74) is -0.497. The van der Waals surface area contributed by atoms with Crippen molar-refractivity contribution < 1.29 is 28.2 Å². The fourth-order valence-electron chi connectivity index (χ4n) is 2.34. The van der Waals surface area contributed by atoms with Crippen molar-refractivity contribution in [1.82, 2.24) is 5.32 Å². The van der Waals surface area contributed by atoms with Gasteiger partial charge in [0.1, 0.15) is 5.75 Å². The van der Waals surface area contributed by atoms with Gasteiger partial charge in [0, 0.05) is 6.04 Å². The van der Waals surface area contributed by atoms with E-state index >= 15 is 0 Å². The van der Waals surface area contributed by atoms with Crippen molar-refractivity contribution in [2.75, 3.05) is 6.61 Å². The molecule has 22 heavy (non-hydrogen) atoms. The van der Waals surface area contributed by atoms with Crippen molar-refractivity contribution in [3.05, 3.63) is 29.8 Å². The van der Waals surface area contributed by atoms with Crippen LogP contribution in [0.4, 0.5) is 8.78 Å². The maximum absolute atomic E-state index is 14.3. The largest absolute Gasteiger partial charge is 0.493 e. The second-order valence-corrected chi connectivity index (χ2v) is 5.18. The van der Waals surface area contributed by atoms with Crippen molar-refractivity contribution in [3.63, 3.8) is 0 Å². The van der Waals surface area contributed by atoms with E-state index in [0.29, 0.717) is 0 Å². The number of benzene rings is 1. The van der Waals surface area contributed by atoms with Gasteiger partial charge < -0.3 is 15.2 Å². The predicted molar refractivity (Wildman–Crippen MR) is 73.8 cm³/mol. The molecule has 0 radical (unpaired) electrons. The highest BCUT2D eigenvalue weighted by Gasteiger charge is 2.46. The predicted octanol–water partition coefficient (Wildman–Crippen LogP) is 2.16. The van der Waals surface area contributed by atoms with Crippen LogP contribution >= 0.6 is 0 Å². The van der Waals surface area contributed by atoms with Crippen LogP contribution in [-0.2, 0) is 15.5 Å². The highest BCUT2D eigenvalue weighted by Crippen LogP contribution is 2.36. The second kappa shape index (κ2) is 6.29. The number of rotatable bonds is 6. The van der Waals surface area contributed by atoms with Crippen LogP contribution in [0.25, 0.3) is 0 Å². The lowest BCUT2D eigenvalue weighted by molar-refractivity contribution is -0.152. The standard InChI is InChI=1S/C15H17F2NO4/c1-2-22-12-6-4-3-5-11(12)15(16,17)14(21)18-10-7-9(8-10)13(19)20/h3-6,9-10H,2,7-8H2,1H3,(H,18,21)(H,19,20). The molecule has 1 aliphatic rings. The minimum Gasteiger partial charge on any atom is -0.493 e. The molecule has 0 bridgehead atoms. The molecule has 0 unspecified atom stereocenters. The molecule has 0 atom stereocenters. The average Bonchev–Trinajstić information content (AvgIpc) is 2.42. The third-order valence-electron chi connectivity index (χ3n) is 3.63. The Morgan fingerprint density at radius 3 is 2.59 bits per heavy atom. The van der Waals surface area contributed by atoms with Crippen molar-refractivity contribution in [1.29, 1.82) is 0 Å². The lowest BCUT2D eigenvalue weighted by Gasteiger charge is -2.34. The minimum atomic E-state index is -3.74. The third-order valence-corrected chi connectivity index (χ3v) is 3.63. The van der Waals surface area contributed by atoms with Crippen LogP contribution in [0.5, 0.6) is 5.75 Å². The van der Waals surface area contributed by atoms with Gasteiger partial charge in [-0.1, -0.05) is 12.1 Å². The molecule has 7 heteroatoms. The molecule has 5 nitrogen and oxygen atoms in total. The van der Waals surface area contributed by atoms with Crippen LogP contribution in [0.1, 0.15) is 25.3 Å². The summed E-state index contributed by atoms with van der Waals surface area (Å²) in [6.45, 7) is 1.87. The highest BCUT2D eigenvalue weighted by molar-refractivity contribution is 5.86. The van der Waals surface area contributed by atoms with Crippen LogP contribution in [0.15, 0.2) is 24.3 Å². The van der Waals surface area contributed by atoms with Crippen molar-refractivity contribution in [2.24, 2.45) is 5.92 Å². The van der Waals surface area contributed by atoms with Gasteiger partial charge in [-0.2, -0.15) is 8.78 Å². The summed E-state index contributed by atoms with van der Waals surface area (Å²) in [7, 11) is 0. The van der Waals surface area contributed by atoms with Gasteiger partial charge in [-0.3, -0.25) is 9.59 Å². The summed E-state index contributed by atoms with van der Waals surface area (Å²) in [5, 5.41) is 10.9. The third kappa shape index (κ3) is 3.18. The topological polar surface area (TPSA) is 75.6 Å². The van der Waals surface area contributed by atoms with Gasteiger partial charge in [-0.25, -0.2) is 0 Å². The molecule has 0 saturated heterocycles. The molecule has 0 aromatic heterocycles. The Kier molecular flexibility index (Phi) is 4.63. The van der Waals surface area contributed by atoms with Crippen LogP contribution in [0.3, 0.4) is 0 Å². The zero-order valence-electron chi connectivity index (χ0n) is 12.0. The molecule has 2 N–H and O–H groups in total. The zero-order valence-corrected chi connectivity index (χ0v) is 12.0. The molecule has 1 amide bonds. The summed E-state index contributed by atoms with van der Waals surface area (Å²) in [6, 6.07) is 4.95. The van der Waals surface area contributed by atoms with Gasteiger partial charge >= 0.3 is 11.9 Å². The first-order valence-electron chi connectivity index (χ1n) is 7.00. The number of hydrogen-bond donors (Lipinski definition) is 2. The number of amides is 1. The molecule has 0 heterocycles. The fourth-order valence-corrected chi connectivity index (χ4v) is 2.34. The van der Waals surface area contributed by atoms with Gasteiger partial charge in [-0.15, -0.1) is 0 Å². The van der Waals surface area contributed by atoms with Crippen molar-refractivity contribution >= 4 is 11.9 Å². The van der Waals surface area contributed by atoms with Crippen LogP contribution in [0, 0.1) is 5.92 Å². The summed E-state index contributed by atoms with van der Waals surface area (Å²) in [5.74, 6) is -6.76. The molecule has 2 rings (SSSR count). The minimum absolute atomic E-state index is 0.0397. The number of carbonyl (C=O) groups excluding carboxylic acids is 1. The molecule has 120 valence electrons. The van der Waals surface area contributed by atoms with E-state index in [9.17, 15) is 18.4 Å². The van der Waals surface area contributed by atoms with E-state index in [1.54, 1.807) is 13.0 Å². The van der Waals surface area contributed by atoms with E-state index in [1.165, 1.54) is 12.1 Å². The Hall–Kier alpha value is -2.18. The zero-order chi connectivity index (χ0) is 16.3. The molecule has 1 aromatic carbocycles. The molecule has 1 aromatic rings. The smallest absolute Gasteiger partial charge is 0.353 e. The van der Waals surface area contributed by atoms with E-state index in [2.05, 4.69) is 5.32 Å². The fraction of sp³-hybridized carbons (Fsp3) is 0.467. The molecule has 1 fully saturated rings. The molecule has 1 saturated carbocycles. The van der Waals surface area contributed by atoms with Gasteiger partial charge in [0.25, 0.3) is 5.91 Å². The van der Waals surface area contributed by atoms with Gasteiger partial charge in [0.15, 0.2) is 0 Å². The maximum atomic E-state index is 14.3. The quantitative estimate of drug-likeness (QED) is 0.844. The number of halogens is 2. The van der Waals surface area contributed by atoms with Gasteiger partial charge in [0.2, 0.25) is 0 Å². The van der Waals surface area contributed by atoms with E-state index in [-0.39, 0.29) is 25.2 Å². The van der Waals surface area contributed by atoms with E-state index in [1.807, 2.05) is 0 Å². The van der Waals surface area contributed by atoms with Gasteiger partial charge in [-0.05, 0) is 31.9 Å². The first-order valence-corrected chi connectivity index (χ1v) is 7.00. The van der Waals surface area contributed by atoms with E-state index < -0.39 is 35.3 Å². The monoisotopic (exact) mass is 313 g/mol. The lowest BCUT2D eigenvalue weighted by atomic mass is 9.80. The number of ether oxygens (including phenoxy) is 1. The number of nitrogens with one attached hydrogen (secondary N) is 1. The first-order chi connectivity index (χ1) is 10.4. The number of carbonyl (C=O) groups is 2. The van der Waals surface area contributed by atoms with Crippen LogP contribution < -0.4 is 10.1 Å². The Labute approximate surface area is 126 Å². The molecular weight excluding hydrogens is 296 g/mol. The highest BCUT2D eigenvalue weighted by atomic mass is 19.3. The number of para-hydroxylation sites is 1. The molecule has 0 aliphatic heterocycles. The Morgan fingerprint density at radius 1 is 1.36 bits per heavy atom. The summed E-state index contributed by atoms with van der Waals surface area (Å²) in [4.78, 5) is 22.5. The SMILES string of the molecule is CCOc1ccccc1C(F)(F)C(=O)NC1CC(C(=O)O)C1. The van der Waals surface area contributed by atoms with Crippen LogP contribution in [-0.4, -0.2) is 29.6 Å². The van der Waals surface area contributed by atoms with E-state index in [0.717, 1.165) is 6.07 Å². The van der Waals surface area contributed by atoms with Crippen molar-refractivity contribution in [3.8, 4) is 5.75 Å². The summed E-state index contributed by atoms with van der Waals surface area (Å²) < 4.78 is 33.7. The number of alkyl halides is 2. The maximum Gasteiger partial charge on any atom is 0.353 e.